The predicted octanol–water partition coefficient (Wildman–Crippen LogP) is 5.16. The van der Waals surface area contributed by atoms with Crippen molar-refractivity contribution < 1.29 is 19.1 Å². The summed E-state index contributed by atoms with van der Waals surface area (Å²) in [5.74, 6) is -0.176. The second-order valence-electron chi connectivity index (χ2n) is 6.01. The Labute approximate surface area is 167 Å². The third-order valence-electron chi connectivity index (χ3n) is 4.17. The maximum Gasteiger partial charge on any atom is 0.341 e. The van der Waals surface area contributed by atoms with E-state index in [0.29, 0.717) is 28.5 Å². The van der Waals surface area contributed by atoms with E-state index in [2.05, 4.69) is 5.32 Å². The lowest BCUT2D eigenvalue weighted by atomic mass is 10.0. The summed E-state index contributed by atoms with van der Waals surface area (Å²) >= 11 is 1.35. The van der Waals surface area contributed by atoms with E-state index in [0.717, 1.165) is 16.0 Å². The second kappa shape index (κ2) is 8.71. The molecule has 0 aliphatic rings. The van der Waals surface area contributed by atoms with Gasteiger partial charge in [-0.3, -0.25) is 4.79 Å². The van der Waals surface area contributed by atoms with Crippen molar-refractivity contribution in [2.75, 3.05) is 19.0 Å². The van der Waals surface area contributed by atoms with Crippen LogP contribution in [-0.2, 0) is 4.74 Å². The van der Waals surface area contributed by atoms with Gasteiger partial charge >= 0.3 is 5.97 Å². The van der Waals surface area contributed by atoms with E-state index in [-0.39, 0.29) is 5.91 Å². The molecule has 3 rings (SSSR count). The third kappa shape index (κ3) is 4.07. The number of benzene rings is 2. The number of hydrogen-bond donors (Lipinski definition) is 1. The maximum absolute atomic E-state index is 12.8. The highest BCUT2D eigenvalue weighted by molar-refractivity contribution is 7.17. The van der Waals surface area contributed by atoms with Gasteiger partial charge in [0.1, 0.15) is 16.3 Å². The molecule has 0 aliphatic heterocycles. The van der Waals surface area contributed by atoms with Crippen molar-refractivity contribution in [3.8, 4) is 16.9 Å². The lowest BCUT2D eigenvalue weighted by molar-refractivity contribution is 0.0603. The Balaban J connectivity index is 1.99. The Morgan fingerprint density at radius 2 is 1.82 bits per heavy atom. The molecule has 1 aromatic heterocycles. The summed E-state index contributed by atoms with van der Waals surface area (Å²) in [5.41, 5.74) is 2.49. The molecule has 0 saturated carbocycles. The van der Waals surface area contributed by atoms with Crippen molar-refractivity contribution in [1.29, 1.82) is 0 Å². The Morgan fingerprint density at radius 3 is 2.50 bits per heavy atom. The second-order valence-corrected chi connectivity index (χ2v) is 7.23. The van der Waals surface area contributed by atoms with E-state index < -0.39 is 5.97 Å². The molecule has 0 aliphatic carbocycles. The standard InChI is InChI=1S/C22H21NO4S/c1-4-27-17-12-8-11-16(13-17)20(24)23-21-19(22(25)26-3)18(14(2)28-21)15-9-6-5-7-10-15/h5-13H,4H2,1-3H3,(H,23,24). The van der Waals surface area contributed by atoms with E-state index in [1.165, 1.54) is 18.4 Å². The zero-order chi connectivity index (χ0) is 20.1. The molecule has 3 aromatic rings. The van der Waals surface area contributed by atoms with Crippen molar-refractivity contribution >= 4 is 28.2 Å². The fraction of sp³-hybridized carbons (Fsp3) is 0.182. The van der Waals surface area contributed by atoms with Crippen LogP contribution in [-0.4, -0.2) is 25.6 Å². The number of amides is 1. The lowest BCUT2D eigenvalue weighted by Crippen LogP contribution is -2.14. The molecule has 0 unspecified atom stereocenters. The van der Waals surface area contributed by atoms with E-state index in [1.807, 2.05) is 44.2 Å². The molecule has 2 aromatic carbocycles. The van der Waals surface area contributed by atoms with Crippen molar-refractivity contribution in [3.05, 3.63) is 70.6 Å². The van der Waals surface area contributed by atoms with Gasteiger partial charge in [-0.15, -0.1) is 11.3 Å². The van der Waals surface area contributed by atoms with Crippen LogP contribution in [0.1, 0.15) is 32.5 Å². The SMILES string of the molecule is CCOc1cccc(C(=O)Nc2sc(C)c(-c3ccccc3)c2C(=O)OC)c1. The normalized spacial score (nSPS) is 10.4. The number of hydrogen-bond acceptors (Lipinski definition) is 5. The predicted molar refractivity (Wildman–Crippen MR) is 111 cm³/mol. The third-order valence-corrected chi connectivity index (χ3v) is 5.19. The summed E-state index contributed by atoms with van der Waals surface area (Å²) in [6, 6.07) is 16.5. The quantitative estimate of drug-likeness (QED) is 0.586. The van der Waals surface area contributed by atoms with Crippen molar-refractivity contribution in [1.82, 2.24) is 0 Å². The molecule has 0 saturated heterocycles. The van der Waals surface area contributed by atoms with Gasteiger partial charge in [0.15, 0.2) is 0 Å². The molecule has 0 spiro atoms. The number of ether oxygens (including phenoxy) is 2. The molecule has 28 heavy (non-hydrogen) atoms. The molecule has 1 N–H and O–H groups in total. The molecule has 6 heteroatoms. The van der Waals surface area contributed by atoms with Crippen molar-refractivity contribution in [3.63, 3.8) is 0 Å². The van der Waals surface area contributed by atoms with Gasteiger partial charge in [0.05, 0.1) is 13.7 Å². The summed E-state index contributed by atoms with van der Waals surface area (Å²) in [4.78, 5) is 26.2. The number of carbonyl (C=O) groups is 2. The molecular weight excluding hydrogens is 374 g/mol. The minimum atomic E-state index is -0.485. The summed E-state index contributed by atoms with van der Waals surface area (Å²) < 4.78 is 10.4. The highest BCUT2D eigenvalue weighted by atomic mass is 32.1. The highest BCUT2D eigenvalue weighted by Gasteiger charge is 2.25. The van der Waals surface area contributed by atoms with Gasteiger partial charge in [0.2, 0.25) is 0 Å². The van der Waals surface area contributed by atoms with Gasteiger partial charge in [-0.25, -0.2) is 4.79 Å². The summed E-state index contributed by atoms with van der Waals surface area (Å²) in [7, 11) is 1.33. The van der Waals surface area contributed by atoms with E-state index >= 15 is 0 Å². The van der Waals surface area contributed by atoms with Gasteiger partial charge < -0.3 is 14.8 Å². The van der Waals surface area contributed by atoms with Crippen molar-refractivity contribution in [2.24, 2.45) is 0 Å². The fourth-order valence-electron chi connectivity index (χ4n) is 2.95. The van der Waals surface area contributed by atoms with Crippen LogP contribution in [0.15, 0.2) is 54.6 Å². The largest absolute Gasteiger partial charge is 0.494 e. The Hall–Kier alpha value is -3.12. The lowest BCUT2D eigenvalue weighted by Gasteiger charge is -2.09. The smallest absolute Gasteiger partial charge is 0.341 e. The minimum absolute atomic E-state index is 0.312. The molecule has 0 radical (unpaired) electrons. The molecular formula is C22H21NO4S. The van der Waals surface area contributed by atoms with Crippen LogP contribution in [0, 0.1) is 6.92 Å². The summed E-state index contributed by atoms with van der Waals surface area (Å²) in [5, 5.41) is 3.33. The Kier molecular flexibility index (Phi) is 6.11. The maximum atomic E-state index is 12.8. The molecule has 0 atom stereocenters. The Bertz CT molecular complexity index is 995. The van der Waals surface area contributed by atoms with Gasteiger partial charge in [-0.1, -0.05) is 36.4 Å². The summed E-state index contributed by atoms with van der Waals surface area (Å²) in [6.45, 7) is 4.32. The zero-order valence-corrected chi connectivity index (χ0v) is 16.8. The first-order valence-corrected chi connectivity index (χ1v) is 9.68. The van der Waals surface area contributed by atoms with Crippen molar-refractivity contribution in [2.45, 2.75) is 13.8 Å². The van der Waals surface area contributed by atoms with Crippen LogP contribution in [0.3, 0.4) is 0 Å². The highest BCUT2D eigenvalue weighted by Crippen LogP contribution is 2.40. The first kappa shape index (κ1) is 19.6. The van der Waals surface area contributed by atoms with Crippen LogP contribution in [0.4, 0.5) is 5.00 Å². The van der Waals surface area contributed by atoms with Crippen LogP contribution >= 0.6 is 11.3 Å². The summed E-state index contributed by atoms with van der Waals surface area (Å²) in [6.07, 6.45) is 0. The first-order valence-electron chi connectivity index (χ1n) is 8.86. The average molecular weight is 395 g/mol. The first-order chi connectivity index (χ1) is 13.5. The molecule has 144 valence electrons. The topological polar surface area (TPSA) is 64.6 Å². The van der Waals surface area contributed by atoms with E-state index in [1.54, 1.807) is 24.3 Å². The van der Waals surface area contributed by atoms with Crippen LogP contribution in [0.2, 0.25) is 0 Å². The molecule has 0 fully saturated rings. The molecule has 5 nitrogen and oxygen atoms in total. The number of anilines is 1. The number of esters is 1. The number of nitrogens with one attached hydrogen (secondary N) is 1. The average Bonchev–Trinajstić information content (AvgIpc) is 3.04. The zero-order valence-electron chi connectivity index (χ0n) is 15.9. The number of thiophene rings is 1. The van der Waals surface area contributed by atoms with Crippen LogP contribution in [0.25, 0.3) is 11.1 Å². The minimum Gasteiger partial charge on any atom is -0.494 e. The Morgan fingerprint density at radius 1 is 1.07 bits per heavy atom. The number of rotatable bonds is 6. The molecule has 0 bridgehead atoms. The number of aryl methyl sites for hydroxylation is 1. The van der Waals surface area contributed by atoms with Gasteiger partial charge in [-0.05, 0) is 37.6 Å². The molecule has 1 heterocycles. The van der Waals surface area contributed by atoms with Gasteiger partial charge in [-0.2, -0.15) is 0 Å². The monoisotopic (exact) mass is 395 g/mol. The van der Waals surface area contributed by atoms with Crippen LogP contribution < -0.4 is 10.1 Å². The fourth-order valence-corrected chi connectivity index (χ4v) is 4.01. The van der Waals surface area contributed by atoms with E-state index in [4.69, 9.17) is 9.47 Å². The van der Waals surface area contributed by atoms with Gasteiger partial charge in [0.25, 0.3) is 5.91 Å². The van der Waals surface area contributed by atoms with E-state index in [9.17, 15) is 9.59 Å². The number of methoxy groups -OCH3 is 1. The van der Waals surface area contributed by atoms with Gasteiger partial charge in [0, 0.05) is 16.0 Å². The number of carbonyl (C=O) groups excluding carboxylic acids is 2. The van der Waals surface area contributed by atoms with Crippen LogP contribution in [0.5, 0.6) is 5.75 Å². The molecule has 1 amide bonds.